The molecule has 0 saturated heterocycles. The van der Waals surface area contributed by atoms with E-state index in [4.69, 9.17) is 5.26 Å². The van der Waals surface area contributed by atoms with E-state index in [-0.39, 0.29) is 0 Å². The van der Waals surface area contributed by atoms with Gasteiger partial charge in [-0.1, -0.05) is 0 Å². The molecule has 0 aromatic rings. The molecule has 0 aliphatic carbocycles. The Morgan fingerprint density at radius 1 is 1.90 bits per heavy atom. The van der Waals surface area contributed by atoms with Crippen molar-refractivity contribution in [1.29, 1.82) is 5.26 Å². The number of esters is 1. The van der Waals surface area contributed by atoms with Crippen molar-refractivity contribution in [2.45, 2.75) is 19.9 Å². The number of ether oxygens (including phenoxy) is 1. The Morgan fingerprint density at radius 3 is 2.90 bits per heavy atom. The molecule has 0 radical (unpaired) electrons. The Hall–Kier alpha value is -1.24. The molecule has 0 aromatic carbocycles. The highest BCUT2D eigenvalue weighted by atomic mass is 16.5. The molecule has 0 fully saturated rings. The Balaban J connectivity index is 3.62. The fourth-order valence-electron chi connectivity index (χ4n) is 0.423. The van der Waals surface area contributed by atoms with Crippen molar-refractivity contribution in [3.05, 3.63) is 0 Å². The lowest BCUT2D eigenvalue weighted by Crippen LogP contribution is -2.31. The van der Waals surface area contributed by atoms with Crippen LogP contribution >= 0.6 is 0 Å². The van der Waals surface area contributed by atoms with Gasteiger partial charge >= 0.3 is 5.97 Å². The molecular weight excluding hydrogens is 132 g/mol. The maximum absolute atomic E-state index is 10.7. The van der Waals surface area contributed by atoms with Crippen LogP contribution in [0.4, 0.5) is 0 Å². The predicted molar refractivity (Wildman–Crippen MR) is 34.8 cm³/mol. The third-order valence-corrected chi connectivity index (χ3v) is 0.921. The second-order valence-electron chi connectivity index (χ2n) is 1.73. The highest BCUT2D eigenvalue weighted by molar-refractivity contribution is 5.75. The Kier molecular flexibility index (Phi) is 4.05. The van der Waals surface area contributed by atoms with Gasteiger partial charge in [-0.25, -0.2) is 4.79 Å². The Labute approximate surface area is 59.8 Å². The van der Waals surface area contributed by atoms with Crippen LogP contribution in [-0.4, -0.2) is 18.6 Å². The van der Waals surface area contributed by atoms with E-state index >= 15 is 0 Å². The van der Waals surface area contributed by atoms with Crippen LogP contribution in [0.15, 0.2) is 0 Å². The minimum absolute atomic E-state index is 0.344. The molecule has 0 saturated carbocycles. The average molecular weight is 142 g/mol. The van der Waals surface area contributed by atoms with E-state index in [9.17, 15) is 4.79 Å². The zero-order valence-corrected chi connectivity index (χ0v) is 6.05. The molecule has 1 unspecified atom stereocenters. The van der Waals surface area contributed by atoms with E-state index in [0.717, 1.165) is 0 Å². The first-order chi connectivity index (χ1) is 4.72. The fourth-order valence-corrected chi connectivity index (χ4v) is 0.423. The van der Waals surface area contributed by atoms with E-state index in [1.807, 2.05) is 0 Å². The van der Waals surface area contributed by atoms with Crippen molar-refractivity contribution in [3.63, 3.8) is 0 Å². The lowest BCUT2D eigenvalue weighted by atomic mass is 10.3. The molecule has 0 spiro atoms. The van der Waals surface area contributed by atoms with E-state index < -0.39 is 12.0 Å². The largest absolute Gasteiger partial charge is 0.464 e. The predicted octanol–water partition coefficient (Wildman–Crippen LogP) is 0.00868. The monoisotopic (exact) mass is 142 g/mol. The van der Waals surface area contributed by atoms with Crippen molar-refractivity contribution in [2.24, 2.45) is 0 Å². The summed E-state index contributed by atoms with van der Waals surface area (Å²) in [6.45, 7) is 3.63. The fraction of sp³-hybridized carbons (Fsp3) is 0.667. The first-order valence-corrected chi connectivity index (χ1v) is 3.03. The van der Waals surface area contributed by atoms with Gasteiger partial charge in [0.05, 0.1) is 6.61 Å². The number of nitrogens with zero attached hydrogens (tertiary/aromatic N) is 1. The molecule has 0 aliphatic heterocycles. The molecule has 0 rings (SSSR count). The smallest absolute Gasteiger partial charge is 0.328 e. The number of nitrogens with one attached hydrogen (secondary N) is 1. The van der Waals surface area contributed by atoms with E-state index in [0.29, 0.717) is 6.61 Å². The number of carbonyl (C=O) groups excluding carboxylic acids is 1. The summed E-state index contributed by atoms with van der Waals surface area (Å²) in [7, 11) is 0. The maximum atomic E-state index is 10.7. The molecule has 0 bridgehead atoms. The molecule has 56 valence electrons. The summed E-state index contributed by atoms with van der Waals surface area (Å²) in [6, 6.07) is -0.537. The normalized spacial score (nSPS) is 11.3. The molecule has 0 heterocycles. The third-order valence-electron chi connectivity index (χ3n) is 0.921. The minimum Gasteiger partial charge on any atom is -0.464 e. The van der Waals surface area contributed by atoms with Crippen LogP contribution in [0.2, 0.25) is 0 Å². The molecule has 1 N–H and O–H groups in total. The average Bonchev–Trinajstić information content (AvgIpc) is 1.89. The van der Waals surface area contributed by atoms with E-state index in [1.165, 1.54) is 0 Å². The molecule has 4 heteroatoms. The van der Waals surface area contributed by atoms with Crippen molar-refractivity contribution in [1.82, 2.24) is 5.32 Å². The maximum Gasteiger partial charge on any atom is 0.328 e. The number of nitriles is 1. The van der Waals surface area contributed by atoms with Gasteiger partial charge in [-0.3, -0.25) is 0 Å². The zero-order chi connectivity index (χ0) is 7.98. The molecule has 0 amide bonds. The van der Waals surface area contributed by atoms with Crippen LogP contribution in [0.5, 0.6) is 0 Å². The lowest BCUT2D eigenvalue weighted by Gasteiger charge is -2.06. The van der Waals surface area contributed by atoms with Crippen LogP contribution in [0.1, 0.15) is 13.8 Å². The van der Waals surface area contributed by atoms with Gasteiger partial charge < -0.3 is 10.1 Å². The summed E-state index contributed by atoms with van der Waals surface area (Å²) in [6.07, 6.45) is 1.66. The SMILES string of the molecule is CCOC(=O)C(C)NC#N. The van der Waals surface area contributed by atoms with Gasteiger partial charge in [0.2, 0.25) is 0 Å². The number of hydrogen-bond donors (Lipinski definition) is 1. The number of carbonyl (C=O) groups is 1. The van der Waals surface area contributed by atoms with Crippen LogP contribution in [0.3, 0.4) is 0 Å². The summed E-state index contributed by atoms with van der Waals surface area (Å²) in [5.41, 5.74) is 0. The van der Waals surface area contributed by atoms with Gasteiger partial charge in [-0.05, 0) is 13.8 Å². The summed E-state index contributed by atoms with van der Waals surface area (Å²) >= 11 is 0. The number of hydrogen-bond acceptors (Lipinski definition) is 4. The van der Waals surface area contributed by atoms with Crippen molar-refractivity contribution in [2.75, 3.05) is 6.61 Å². The first-order valence-electron chi connectivity index (χ1n) is 3.03. The summed E-state index contributed by atoms with van der Waals surface area (Å²) < 4.78 is 4.60. The standard InChI is InChI=1S/C6H10N2O2/c1-3-10-6(9)5(2)8-4-7/h5,8H,3H2,1-2H3. The Bertz CT molecular complexity index is 150. The van der Waals surface area contributed by atoms with Crippen molar-refractivity contribution in [3.8, 4) is 6.19 Å². The highest BCUT2D eigenvalue weighted by Gasteiger charge is 2.11. The molecule has 0 aliphatic rings. The number of rotatable bonds is 3. The van der Waals surface area contributed by atoms with Gasteiger partial charge in [0, 0.05) is 0 Å². The lowest BCUT2D eigenvalue weighted by molar-refractivity contribution is -0.144. The van der Waals surface area contributed by atoms with Gasteiger partial charge in [-0.15, -0.1) is 0 Å². The second kappa shape index (κ2) is 4.62. The Morgan fingerprint density at radius 2 is 2.50 bits per heavy atom. The second-order valence-corrected chi connectivity index (χ2v) is 1.73. The first kappa shape index (κ1) is 8.76. The van der Waals surface area contributed by atoms with E-state index in [2.05, 4.69) is 10.1 Å². The summed E-state index contributed by atoms with van der Waals surface area (Å²) in [5.74, 6) is -0.399. The molecule has 0 aromatic heterocycles. The highest BCUT2D eigenvalue weighted by Crippen LogP contribution is 1.85. The quantitative estimate of drug-likeness (QED) is 0.342. The van der Waals surface area contributed by atoms with Gasteiger partial charge in [-0.2, -0.15) is 5.26 Å². The van der Waals surface area contributed by atoms with Gasteiger partial charge in [0.25, 0.3) is 0 Å². The zero-order valence-electron chi connectivity index (χ0n) is 6.05. The van der Waals surface area contributed by atoms with Gasteiger partial charge in [0.1, 0.15) is 6.04 Å². The molecular formula is C6H10N2O2. The molecule has 4 nitrogen and oxygen atoms in total. The van der Waals surface area contributed by atoms with Crippen LogP contribution in [-0.2, 0) is 9.53 Å². The summed E-state index contributed by atoms with van der Waals surface area (Å²) in [4.78, 5) is 10.7. The van der Waals surface area contributed by atoms with E-state index in [1.54, 1.807) is 20.0 Å². The van der Waals surface area contributed by atoms with Crippen LogP contribution in [0.25, 0.3) is 0 Å². The van der Waals surface area contributed by atoms with Gasteiger partial charge in [0.15, 0.2) is 6.19 Å². The minimum atomic E-state index is -0.537. The van der Waals surface area contributed by atoms with Crippen molar-refractivity contribution < 1.29 is 9.53 Å². The van der Waals surface area contributed by atoms with Crippen molar-refractivity contribution >= 4 is 5.97 Å². The third kappa shape index (κ3) is 2.92. The topological polar surface area (TPSA) is 62.1 Å². The van der Waals surface area contributed by atoms with Crippen LogP contribution < -0.4 is 5.32 Å². The summed E-state index contributed by atoms with van der Waals surface area (Å²) in [5, 5.41) is 10.3. The van der Waals surface area contributed by atoms with Crippen LogP contribution in [0, 0.1) is 11.5 Å². The molecule has 1 atom stereocenters. The molecule has 10 heavy (non-hydrogen) atoms.